The Hall–Kier alpha value is -0.340. The van der Waals surface area contributed by atoms with Crippen LogP contribution in [0, 0.1) is 11.8 Å². The highest BCUT2D eigenvalue weighted by Crippen LogP contribution is 2.27. The summed E-state index contributed by atoms with van der Waals surface area (Å²) in [5.41, 5.74) is 7.04. The minimum absolute atomic E-state index is 0.672. The zero-order chi connectivity index (χ0) is 10.7. The Balaban J connectivity index is 2.55. The van der Waals surface area contributed by atoms with E-state index in [1.165, 1.54) is 12.0 Å². The van der Waals surface area contributed by atoms with Crippen LogP contribution in [-0.4, -0.2) is 30.6 Å². The molecule has 0 aromatic rings. The van der Waals surface area contributed by atoms with Crippen LogP contribution in [0.4, 0.5) is 0 Å². The fourth-order valence-electron chi connectivity index (χ4n) is 2.41. The number of likely N-dealkylation sites (tertiary alicyclic amines) is 1. The Kier molecular flexibility index (Phi) is 4.14. The van der Waals surface area contributed by atoms with E-state index in [1.54, 1.807) is 0 Å². The largest absolute Gasteiger partial charge is 0.330 e. The molecule has 0 saturated carbocycles. The lowest BCUT2D eigenvalue weighted by Crippen LogP contribution is -2.47. The van der Waals surface area contributed by atoms with Crippen LogP contribution in [0.1, 0.15) is 27.2 Å². The molecule has 0 aliphatic carbocycles. The normalized spacial score (nSPS) is 34.4. The molecule has 1 aliphatic rings. The minimum Gasteiger partial charge on any atom is -0.330 e. The van der Waals surface area contributed by atoms with E-state index in [0.29, 0.717) is 12.0 Å². The van der Waals surface area contributed by atoms with Gasteiger partial charge in [-0.15, -0.1) is 0 Å². The maximum absolute atomic E-state index is 5.78. The first-order chi connectivity index (χ1) is 6.54. The highest BCUT2D eigenvalue weighted by atomic mass is 15.2. The summed E-state index contributed by atoms with van der Waals surface area (Å²) in [6, 6.07) is 0.685. The second-order valence-corrected chi connectivity index (χ2v) is 4.94. The van der Waals surface area contributed by atoms with Crippen LogP contribution in [0.2, 0.25) is 0 Å². The van der Waals surface area contributed by atoms with Crippen molar-refractivity contribution in [3.63, 3.8) is 0 Å². The maximum atomic E-state index is 5.78. The molecule has 2 nitrogen and oxygen atoms in total. The van der Waals surface area contributed by atoms with Gasteiger partial charge in [0, 0.05) is 19.1 Å². The summed E-state index contributed by atoms with van der Waals surface area (Å²) < 4.78 is 0. The van der Waals surface area contributed by atoms with Gasteiger partial charge in [0.25, 0.3) is 0 Å². The highest BCUT2D eigenvalue weighted by molar-refractivity contribution is 4.95. The van der Waals surface area contributed by atoms with Crippen LogP contribution in [0.25, 0.3) is 0 Å². The van der Waals surface area contributed by atoms with Gasteiger partial charge in [0.1, 0.15) is 0 Å². The Morgan fingerprint density at radius 1 is 1.50 bits per heavy atom. The summed E-state index contributed by atoms with van der Waals surface area (Å²) in [4.78, 5) is 2.51. The molecule has 3 unspecified atom stereocenters. The summed E-state index contributed by atoms with van der Waals surface area (Å²) in [6.07, 6.45) is 1.27. The van der Waals surface area contributed by atoms with Crippen molar-refractivity contribution >= 4 is 0 Å². The zero-order valence-corrected chi connectivity index (χ0v) is 9.79. The van der Waals surface area contributed by atoms with Crippen LogP contribution < -0.4 is 5.73 Å². The predicted octanol–water partition coefficient (Wildman–Crippen LogP) is 1.87. The van der Waals surface area contributed by atoms with Crippen LogP contribution >= 0.6 is 0 Å². The van der Waals surface area contributed by atoms with Crippen molar-refractivity contribution in [2.75, 3.05) is 19.6 Å². The zero-order valence-electron chi connectivity index (χ0n) is 9.79. The second-order valence-electron chi connectivity index (χ2n) is 4.94. The standard InChI is InChI=1S/C12H24N2/c1-9(2)7-14-8-12(6-13)10(3)5-11(14)4/h10-12H,1,5-8,13H2,2-4H3. The molecule has 0 aromatic carbocycles. The predicted molar refractivity (Wildman–Crippen MR) is 62.2 cm³/mol. The van der Waals surface area contributed by atoms with Gasteiger partial charge in [-0.3, -0.25) is 4.90 Å². The smallest absolute Gasteiger partial charge is 0.0190 e. The van der Waals surface area contributed by atoms with Gasteiger partial charge in [0.15, 0.2) is 0 Å². The lowest BCUT2D eigenvalue weighted by Gasteiger charge is -2.41. The van der Waals surface area contributed by atoms with Gasteiger partial charge < -0.3 is 5.73 Å². The van der Waals surface area contributed by atoms with E-state index in [-0.39, 0.29) is 0 Å². The topological polar surface area (TPSA) is 29.3 Å². The van der Waals surface area contributed by atoms with Crippen LogP contribution in [0.15, 0.2) is 12.2 Å². The third-order valence-electron chi connectivity index (χ3n) is 3.39. The van der Waals surface area contributed by atoms with Crippen LogP contribution in [0.5, 0.6) is 0 Å². The van der Waals surface area contributed by atoms with Gasteiger partial charge in [0.2, 0.25) is 0 Å². The molecule has 14 heavy (non-hydrogen) atoms. The molecule has 2 heteroatoms. The van der Waals surface area contributed by atoms with Gasteiger partial charge in [-0.05, 0) is 38.6 Å². The third kappa shape index (κ3) is 2.82. The molecule has 0 amide bonds. The summed E-state index contributed by atoms with van der Waals surface area (Å²) in [5, 5.41) is 0. The molecule has 1 fully saturated rings. The third-order valence-corrected chi connectivity index (χ3v) is 3.39. The van der Waals surface area contributed by atoms with Gasteiger partial charge >= 0.3 is 0 Å². The second kappa shape index (κ2) is 4.94. The first-order valence-electron chi connectivity index (χ1n) is 5.63. The molecule has 0 spiro atoms. The maximum Gasteiger partial charge on any atom is 0.0190 e. The first kappa shape index (κ1) is 11.7. The molecule has 0 bridgehead atoms. The molecule has 1 heterocycles. The van der Waals surface area contributed by atoms with Crippen molar-refractivity contribution in [2.45, 2.75) is 33.2 Å². The molecule has 1 saturated heterocycles. The Morgan fingerprint density at radius 3 is 2.64 bits per heavy atom. The fraction of sp³-hybridized carbons (Fsp3) is 0.833. The lowest BCUT2D eigenvalue weighted by atomic mass is 9.83. The summed E-state index contributed by atoms with van der Waals surface area (Å²) >= 11 is 0. The van der Waals surface area contributed by atoms with E-state index in [1.807, 2.05) is 0 Å². The average molecular weight is 196 g/mol. The highest BCUT2D eigenvalue weighted by Gasteiger charge is 2.29. The van der Waals surface area contributed by atoms with Gasteiger partial charge in [0.05, 0.1) is 0 Å². The molecule has 1 rings (SSSR count). The van der Waals surface area contributed by atoms with Gasteiger partial charge in [-0.1, -0.05) is 19.1 Å². The first-order valence-corrected chi connectivity index (χ1v) is 5.63. The van der Waals surface area contributed by atoms with Crippen molar-refractivity contribution in [3.05, 3.63) is 12.2 Å². The molecule has 0 radical (unpaired) electrons. The van der Waals surface area contributed by atoms with Gasteiger partial charge in [-0.25, -0.2) is 0 Å². The summed E-state index contributed by atoms with van der Waals surface area (Å²) in [5.74, 6) is 1.45. The monoisotopic (exact) mass is 196 g/mol. The van der Waals surface area contributed by atoms with E-state index in [2.05, 4.69) is 32.3 Å². The Bertz CT molecular complexity index is 200. The van der Waals surface area contributed by atoms with Crippen molar-refractivity contribution in [1.29, 1.82) is 0 Å². The van der Waals surface area contributed by atoms with Gasteiger partial charge in [-0.2, -0.15) is 0 Å². The van der Waals surface area contributed by atoms with E-state index >= 15 is 0 Å². The molecule has 3 atom stereocenters. The van der Waals surface area contributed by atoms with Crippen molar-refractivity contribution in [1.82, 2.24) is 4.90 Å². The van der Waals surface area contributed by atoms with Crippen LogP contribution in [-0.2, 0) is 0 Å². The minimum atomic E-state index is 0.672. The van der Waals surface area contributed by atoms with Crippen molar-refractivity contribution in [3.8, 4) is 0 Å². The van der Waals surface area contributed by atoms with Crippen molar-refractivity contribution < 1.29 is 0 Å². The molecule has 82 valence electrons. The Morgan fingerprint density at radius 2 is 2.14 bits per heavy atom. The molecular weight excluding hydrogens is 172 g/mol. The Labute approximate surface area is 88.2 Å². The molecule has 0 aromatic heterocycles. The quantitative estimate of drug-likeness (QED) is 0.698. The lowest BCUT2D eigenvalue weighted by molar-refractivity contribution is 0.0903. The average Bonchev–Trinajstić information content (AvgIpc) is 2.09. The number of nitrogens with two attached hydrogens (primary N) is 1. The number of piperidine rings is 1. The fourth-order valence-corrected chi connectivity index (χ4v) is 2.41. The number of rotatable bonds is 3. The number of nitrogens with zero attached hydrogens (tertiary/aromatic N) is 1. The van der Waals surface area contributed by atoms with Crippen LogP contribution in [0.3, 0.4) is 0 Å². The summed E-state index contributed by atoms with van der Waals surface area (Å²) in [7, 11) is 0. The summed E-state index contributed by atoms with van der Waals surface area (Å²) in [6.45, 7) is 13.7. The van der Waals surface area contributed by atoms with Crippen molar-refractivity contribution in [2.24, 2.45) is 17.6 Å². The molecular formula is C12H24N2. The molecule has 2 N–H and O–H groups in total. The molecule has 1 aliphatic heterocycles. The van der Waals surface area contributed by atoms with E-state index in [4.69, 9.17) is 5.73 Å². The van der Waals surface area contributed by atoms with E-state index < -0.39 is 0 Å². The van der Waals surface area contributed by atoms with E-state index in [9.17, 15) is 0 Å². The number of hydrogen-bond acceptors (Lipinski definition) is 2. The number of hydrogen-bond donors (Lipinski definition) is 1. The van der Waals surface area contributed by atoms with E-state index in [0.717, 1.165) is 25.6 Å². The SMILES string of the molecule is C=C(C)CN1CC(CN)C(C)CC1C.